The van der Waals surface area contributed by atoms with Crippen molar-refractivity contribution in [2.75, 3.05) is 18.6 Å². The van der Waals surface area contributed by atoms with Crippen LogP contribution >= 0.6 is 11.8 Å². The molecule has 1 unspecified atom stereocenters. The fourth-order valence-electron chi connectivity index (χ4n) is 1.89. The van der Waals surface area contributed by atoms with Gasteiger partial charge in [-0.1, -0.05) is 26.7 Å². The van der Waals surface area contributed by atoms with Crippen LogP contribution in [0, 0.1) is 5.92 Å². The van der Waals surface area contributed by atoms with Gasteiger partial charge in [-0.25, -0.2) is 0 Å². The molecule has 2 N–H and O–H groups in total. The van der Waals surface area contributed by atoms with E-state index in [0.717, 1.165) is 25.7 Å². The molecule has 0 rings (SSSR count). The summed E-state index contributed by atoms with van der Waals surface area (Å²) >= 11 is 1.59. The number of hydrogen-bond donors (Lipinski definition) is 2. The van der Waals surface area contributed by atoms with E-state index in [1.807, 2.05) is 6.26 Å². The second kappa shape index (κ2) is 8.81. The zero-order valence-electron chi connectivity index (χ0n) is 11.6. The Labute approximate surface area is 110 Å². The molecule has 0 bridgehead atoms. The molecule has 0 aromatic rings. The first-order valence-corrected chi connectivity index (χ1v) is 7.85. The maximum Gasteiger partial charge on any atom is 0.223 e. The Kier molecular flexibility index (Phi) is 8.70. The average molecular weight is 261 g/mol. The normalized spacial score (nSPS) is 14.7. The third-order valence-corrected chi connectivity index (χ3v) is 3.65. The summed E-state index contributed by atoms with van der Waals surface area (Å²) in [7, 11) is 0. The molecule has 4 heteroatoms. The quantitative estimate of drug-likeness (QED) is 0.670. The third kappa shape index (κ3) is 7.66. The molecule has 3 nitrogen and oxygen atoms in total. The Morgan fingerprint density at radius 2 is 1.88 bits per heavy atom. The third-order valence-electron chi connectivity index (χ3n) is 2.74. The van der Waals surface area contributed by atoms with E-state index in [0.29, 0.717) is 12.3 Å². The maximum absolute atomic E-state index is 11.9. The molecule has 0 saturated heterocycles. The van der Waals surface area contributed by atoms with Crippen molar-refractivity contribution in [1.29, 1.82) is 0 Å². The largest absolute Gasteiger partial charge is 0.387 e. The van der Waals surface area contributed by atoms with E-state index < -0.39 is 5.60 Å². The lowest BCUT2D eigenvalue weighted by Crippen LogP contribution is -2.44. The fourth-order valence-corrected chi connectivity index (χ4v) is 2.61. The summed E-state index contributed by atoms with van der Waals surface area (Å²) in [5.74, 6) is 0.838. The van der Waals surface area contributed by atoms with Crippen LogP contribution in [-0.2, 0) is 4.79 Å². The van der Waals surface area contributed by atoms with Gasteiger partial charge in [0.05, 0.1) is 5.60 Å². The van der Waals surface area contributed by atoms with Crippen molar-refractivity contribution in [3.05, 3.63) is 0 Å². The molecule has 1 atom stereocenters. The number of carbonyl (C=O) groups is 1. The number of carbonyl (C=O) groups excluding carboxylic acids is 1. The van der Waals surface area contributed by atoms with Crippen LogP contribution in [0.3, 0.4) is 0 Å². The van der Waals surface area contributed by atoms with Crippen LogP contribution in [0.1, 0.15) is 46.5 Å². The number of aliphatic hydroxyl groups is 1. The Balaban J connectivity index is 4.12. The molecule has 17 heavy (non-hydrogen) atoms. The van der Waals surface area contributed by atoms with Gasteiger partial charge in [-0.2, -0.15) is 11.8 Å². The van der Waals surface area contributed by atoms with E-state index >= 15 is 0 Å². The topological polar surface area (TPSA) is 49.3 Å². The zero-order chi connectivity index (χ0) is 13.3. The number of amides is 1. The van der Waals surface area contributed by atoms with Crippen LogP contribution in [0.4, 0.5) is 0 Å². The van der Waals surface area contributed by atoms with E-state index in [1.54, 1.807) is 18.7 Å². The first-order valence-electron chi connectivity index (χ1n) is 6.45. The maximum atomic E-state index is 11.9. The fraction of sp³-hybridized carbons (Fsp3) is 0.923. The Bertz CT molecular complexity index is 213. The van der Waals surface area contributed by atoms with Gasteiger partial charge in [0.2, 0.25) is 5.91 Å². The van der Waals surface area contributed by atoms with Gasteiger partial charge in [0, 0.05) is 18.2 Å². The van der Waals surface area contributed by atoms with Gasteiger partial charge in [0.1, 0.15) is 0 Å². The molecular formula is C13H27NO2S. The van der Waals surface area contributed by atoms with Gasteiger partial charge in [0.25, 0.3) is 0 Å². The van der Waals surface area contributed by atoms with Crippen molar-refractivity contribution >= 4 is 17.7 Å². The number of thioether (sulfide) groups is 1. The highest BCUT2D eigenvalue weighted by atomic mass is 32.2. The summed E-state index contributed by atoms with van der Waals surface area (Å²) < 4.78 is 0. The van der Waals surface area contributed by atoms with E-state index in [9.17, 15) is 9.90 Å². The molecule has 0 aliphatic rings. The highest BCUT2D eigenvalue weighted by molar-refractivity contribution is 7.98. The highest BCUT2D eigenvalue weighted by Crippen LogP contribution is 2.14. The molecule has 102 valence electrons. The molecule has 0 spiro atoms. The molecule has 0 aliphatic carbocycles. The minimum Gasteiger partial charge on any atom is -0.387 e. The average Bonchev–Trinajstić information content (AvgIpc) is 2.26. The molecule has 0 aromatic carbocycles. The number of hydrogen-bond acceptors (Lipinski definition) is 3. The SMILES string of the molecule is CCCC(CCC)C(=O)NCC(C)(O)CSC. The highest BCUT2D eigenvalue weighted by Gasteiger charge is 2.23. The van der Waals surface area contributed by atoms with Gasteiger partial charge >= 0.3 is 0 Å². The van der Waals surface area contributed by atoms with Crippen molar-refractivity contribution in [2.45, 2.75) is 52.1 Å². The summed E-state index contributed by atoms with van der Waals surface area (Å²) in [5, 5.41) is 12.8. The summed E-state index contributed by atoms with van der Waals surface area (Å²) in [6, 6.07) is 0. The molecular weight excluding hydrogens is 234 g/mol. The van der Waals surface area contributed by atoms with E-state index in [1.165, 1.54) is 0 Å². The lowest BCUT2D eigenvalue weighted by atomic mass is 9.97. The second-order valence-electron chi connectivity index (χ2n) is 4.92. The van der Waals surface area contributed by atoms with Crippen LogP contribution in [0.15, 0.2) is 0 Å². The van der Waals surface area contributed by atoms with Gasteiger partial charge in [0.15, 0.2) is 0 Å². The van der Waals surface area contributed by atoms with Crippen LogP contribution in [0.2, 0.25) is 0 Å². The predicted molar refractivity (Wildman–Crippen MR) is 75.3 cm³/mol. The van der Waals surface area contributed by atoms with Crippen molar-refractivity contribution in [2.24, 2.45) is 5.92 Å². The van der Waals surface area contributed by atoms with Gasteiger partial charge in [-0.05, 0) is 26.0 Å². The molecule has 0 saturated carbocycles. The van der Waals surface area contributed by atoms with Crippen LogP contribution < -0.4 is 5.32 Å². The van der Waals surface area contributed by atoms with Gasteiger partial charge in [-0.15, -0.1) is 0 Å². The van der Waals surface area contributed by atoms with Crippen molar-refractivity contribution in [3.63, 3.8) is 0 Å². The smallest absolute Gasteiger partial charge is 0.223 e. The summed E-state index contributed by atoms with van der Waals surface area (Å²) in [5.41, 5.74) is -0.807. The molecule has 0 fully saturated rings. The van der Waals surface area contributed by atoms with Gasteiger partial charge in [-0.3, -0.25) is 4.79 Å². The van der Waals surface area contributed by atoms with Gasteiger partial charge < -0.3 is 10.4 Å². The Morgan fingerprint density at radius 3 is 2.29 bits per heavy atom. The second-order valence-corrected chi connectivity index (χ2v) is 5.79. The first kappa shape index (κ1) is 16.8. The first-order chi connectivity index (χ1) is 7.96. The minimum absolute atomic E-state index is 0.0927. The Hall–Kier alpha value is -0.220. The van der Waals surface area contributed by atoms with Crippen LogP contribution in [0.25, 0.3) is 0 Å². The number of rotatable bonds is 9. The molecule has 0 heterocycles. The monoisotopic (exact) mass is 261 g/mol. The van der Waals surface area contributed by atoms with E-state index in [4.69, 9.17) is 0 Å². The van der Waals surface area contributed by atoms with Crippen molar-refractivity contribution < 1.29 is 9.90 Å². The van der Waals surface area contributed by atoms with E-state index in [-0.39, 0.29) is 11.8 Å². The standard InChI is InChI=1S/C13H27NO2S/c1-5-7-11(8-6-2)12(15)14-9-13(3,16)10-17-4/h11,16H,5-10H2,1-4H3,(H,14,15). The molecule has 0 aliphatic heterocycles. The summed E-state index contributed by atoms with van der Waals surface area (Å²) in [6.07, 6.45) is 5.88. The van der Waals surface area contributed by atoms with Crippen molar-refractivity contribution in [1.82, 2.24) is 5.32 Å². The zero-order valence-corrected chi connectivity index (χ0v) is 12.4. The molecule has 1 amide bonds. The summed E-state index contributed by atoms with van der Waals surface area (Å²) in [4.78, 5) is 11.9. The number of nitrogens with one attached hydrogen (secondary N) is 1. The predicted octanol–water partition coefficient (Wildman–Crippen LogP) is 2.43. The molecule has 0 aromatic heterocycles. The Morgan fingerprint density at radius 1 is 1.35 bits per heavy atom. The lowest BCUT2D eigenvalue weighted by molar-refractivity contribution is -0.126. The minimum atomic E-state index is -0.807. The van der Waals surface area contributed by atoms with Crippen molar-refractivity contribution in [3.8, 4) is 0 Å². The lowest BCUT2D eigenvalue weighted by Gasteiger charge is -2.24. The van der Waals surface area contributed by atoms with Crippen LogP contribution in [-0.4, -0.2) is 35.2 Å². The van der Waals surface area contributed by atoms with Crippen LogP contribution in [0.5, 0.6) is 0 Å². The summed E-state index contributed by atoms with van der Waals surface area (Å²) in [6.45, 7) is 6.30. The molecule has 0 radical (unpaired) electrons. The van der Waals surface area contributed by atoms with E-state index in [2.05, 4.69) is 19.2 Å².